The monoisotopic (exact) mass is 669 g/mol. The summed E-state index contributed by atoms with van der Waals surface area (Å²) in [7, 11) is -4.34. The highest BCUT2D eigenvalue weighted by molar-refractivity contribution is 7.92. The molecular formula is C34H34Cl2FN3O4S. The highest BCUT2D eigenvalue weighted by atomic mass is 35.5. The average Bonchev–Trinajstić information content (AvgIpc) is 3.03. The maximum Gasteiger partial charge on any atom is 0.264 e. The first-order valence-electron chi connectivity index (χ1n) is 14.4. The maximum absolute atomic E-state index is 14.4. The second kappa shape index (κ2) is 15.4. The summed E-state index contributed by atoms with van der Waals surface area (Å²) >= 11 is 12.8. The molecule has 4 rings (SSSR count). The second-order valence-electron chi connectivity index (χ2n) is 10.5. The van der Waals surface area contributed by atoms with Gasteiger partial charge in [0.15, 0.2) is 0 Å². The smallest absolute Gasteiger partial charge is 0.264 e. The Hall–Kier alpha value is -3.92. The maximum atomic E-state index is 14.4. The van der Waals surface area contributed by atoms with E-state index in [1.54, 1.807) is 18.2 Å². The molecule has 0 aliphatic rings. The lowest BCUT2D eigenvalue weighted by Gasteiger charge is -2.34. The molecule has 2 amide bonds. The van der Waals surface area contributed by atoms with Crippen molar-refractivity contribution in [3.05, 3.63) is 130 Å². The van der Waals surface area contributed by atoms with Crippen molar-refractivity contribution in [2.24, 2.45) is 0 Å². The van der Waals surface area contributed by atoms with Gasteiger partial charge < -0.3 is 10.2 Å². The number of aryl methyl sites for hydroxylation is 1. The lowest BCUT2D eigenvalue weighted by molar-refractivity contribution is -0.140. The number of carbonyl (C=O) groups excluding carboxylic acids is 2. The summed E-state index contributed by atoms with van der Waals surface area (Å²) in [6.45, 7) is 3.35. The first-order chi connectivity index (χ1) is 21.5. The van der Waals surface area contributed by atoms with Gasteiger partial charge in [-0.3, -0.25) is 13.9 Å². The third kappa shape index (κ3) is 8.63. The molecule has 1 N–H and O–H groups in total. The third-order valence-electron chi connectivity index (χ3n) is 7.17. The predicted molar refractivity (Wildman–Crippen MR) is 176 cm³/mol. The fraction of sp³-hybridized carbons (Fsp3) is 0.235. The van der Waals surface area contributed by atoms with E-state index in [4.69, 9.17) is 23.2 Å². The highest BCUT2D eigenvalue weighted by Gasteiger charge is 2.35. The molecular weight excluding hydrogens is 636 g/mol. The van der Waals surface area contributed by atoms with E-state index in [0.717, 1.165) is 15.4 Å². The van der Waals surface area contributed by atoms with Gasteiger partial charge >= 0.3 is 0 Å². The van der Waals surface area contributed by atoms with E-state index in [2.05, 4.69) is 5.32 Å². The van der Waals surface area contributed by atoms with E-state index < -0.39 is 40.2 Å². The summed E-state index contributed by atoms with van der Waals surface area (Å²) in [4.78, 5) is 29.4. The molecule has 0 saturated carbocycles. The van der Waals surface area contributed by atoms with Crippen molar-refractivity contribution in [2.45, 2.75) is 44.2 Å². The molecule has 0 radical (unpaired) electrons. The molecule has 11 heteroatoms. The van der Waals surface area contributed by atoms with E-state index in [1.165, 1.54) is 53.4 Å². The SMILES string of the molecule is CCCNC(=O)C(Cc1ccccc1)N(Cc1ccc(F)cc1)C(=O)CN(c1cccc(Cl)c1Cl)S(=O)(=O)c1ccc(C)cc1. The lowest BCUT2D eigenvalue weighted by Crippen LogP contribution is -2.53. The zero-order valence-corrected chi connectivity index (χ0v) is 27.2. The van der Waals surface area contributed by atoms with Crippen molar-refractivity contribution in [3.63, 3.8) is 0 Å². The molecule has 0 spiro atoms. The predicted octanol–water partition coefficient (Wildman–Crippen LogP) is 6.80. The van der Waals surface area contributed by atoms with Crippen LogP contribution in [0.4, 0.5) is 10.1 Å². The Morgan fingerprint density at radius 1 is 0.867 bits per heavy atom. The fourth-order valence-corrected chi connectivity index (χ4v) is 6.62. The number of rotatable bonds is 13. The minimum absolute atomic E-state index is 0.00914. The van der Waals surface area contributed by atoms with Crippen molar-refractivity contribution < 1.29 is 22.4 Å². The summed E-state index contributed by atoms with van der Waals surface area (Å²) in [5, 5.41) is 2.94. The van der Waals surface area contributed by atoms with Crippen LogP contribution in [0, 0.1) is 12.7 Å². The first kappa shape index (κ1) is 34.0. The number of halogens is 3. The van der Waals surface area contributed by atoms with Gasteiger partial charge in [-0.25, -0.2) is 12.8 Å². The zero-order valence-electron chi connectivity index (χ0n) is 24.9. The van der Waals surface area contributed by atoms with Crippen LogP contribution >= 0.6 is 23.2 Å². The molecule has 0 fully saturated rings. The van der Waals surface area contributed by atoms with Gasteiger partial charge in [0.05, 0.1) is 20.6 Å². The van der Waals surface area contributed by atoms with Gasteiger partial charge in [0.2, 0.25) is 11.8 Å². The van der Waals surface area contributed by atoms with E-state index in [0.29, 0.717) is 18.5 Å². The van der Waals surface area contributed by atoms with Crippen LogP contribution < -0.4 is 9.62 Å². The first-order valence-corrected chi connectivity index (χ1v) is 16.6. The van der Waals surface area contributed by atoms with Crippen molar-refractivity contribution in [1.82, 2.24) is 10.2 Å². The van der Waals surface area contributed by atoms with Crippen molar-refractivity contribution >= 4 is 50.7 Å². The molecule has 7 nitrogen and oxygen atoms in total. The van der Waals surface area contributed by atoms with Gasteiger partial charge in [-0.2, -0.15) is 0 Å². The molecule has 236 valence electrons. The van der Waals surface area contributed by atoms with Gasteiger partial charge in [-0.15, -0.1) is 0 Å². The Labute approximate surface area is 273 Å². The number of nitrogens with one attached hydrogen (secondary N) is 1. The van der Waals surface area contributed by atoms with Crippen LogP contribution in [0.5, 0.6) is 0 Å². The number of anilines is 1. The molecule has 0 saturated heterocycles. The molecule has 1 unspecified atom stereocenters. The Morgan fingerprint density at radius 2 is 1.53 bits per heavy atom. The molecule has 1 atom stereocenters. The summed E-state index contributed by atoms with van der Waals surface area (Å²) < 4.78 is 43.0. The molecule has 0 bridgehead atoms. The van der Waals surface area contributed by atoms with E-state index in [1.807, 2.05) is 44.2 Å². The van der Waals surface area contributed by atoms with Crippen molar-refractivity contribution in [3.8, 4) is 0 Å². The Morgan fingerprint density at radius 3 is 2.18 bits per heavy atom. The van der Waals surface area contributed by atoms with Crippen LogP contribution in [0.1, 0.15) is 30.0 Å². The number of sulfonamides is 1. The summed E-state index contributed by atoms with van der Waals surface area (Å²) in [6, 6.07) is 24.5. The number of hydrogen-bond acceptors (Lipinski definition) is 4. The molecule has 0 aliphatic heterocycles. The van der Waals surface area contributed by atoms with E-state index >= 15 is 0 Å². The highest BCUT2D eigenvalue weighted by Crippen LogP contribution is 2.35. The van der Waals surface area contributed by atoms with Gasteiger partial charge in [0.1, 0.15) is 18.4 Å². The topological polar surface area (TPSA) is 86.8 Å². The number of carbonyl (C=O) groups is 2. The molecule has 0 aromatic heterocycles. The molecule has 4 aromatic rings. The number of hydrogen-bond donors (Lipinski definition) is 1. The average molecular weight is 671 g/mol. The van der Waals surface area contributed by atoms with Crippen molar-refractivity contribution in [1.29, 1.82) is 0 Å². The molecule has 0 heterocycles. The van der Waals surface area contributed by atoms with Crippen LogP contribution in [0.3, 0.4) is 0 Å². The standard InChI is InChI=1S/C34H34Cl2FN3O4S/c1-3-20-38-34(42)31(21-25-8-5-4-6-9-25)39(22-26-14-16-27(37)17-15-26)32(41)23-40(30-11-7-10-29(35)33(30)36)45(43,44)28-18-12-24(2)13-19-28/h4-19,31H,3,20-23H2,1-2H3,(H,38,42). The van der Waals surface area contributed by atoms with Crippen LogP contribution in [0.15, 0.2) is 102 Å². The van der Waals surface area contributed by atoms with Crippen LogP contribution in [0.2, 0.25) is 10.0 Å². The van der Waals surface area contributed by atoms with Crippen LogP contribution in [-0.4, -0.2) is 44.3 Å². The molecule has 4 aromatic carbocycles. The molecule has 45 heavy (non-hydrogen) atoms. The van der Waals surface area contributed by atoms with Gasteiger partial charge in [-0.1, -0.05) is 96.4 Å². The Kier molecular flexibility index (Phi) is 11.6. The van der Waals surface area contributed by atoms with Gasteiger partial charge in [0, 0.05) is 19.5 Å². The summed E-state index contributed by atoms with van der Waals surface area (Å²) in [6.07, 6.45) is 0.831. The fourth-order valence-electron chi connectivity index (χ4n) is 4.74. The number of benzene rings is 4. The van der Waals surface area contributed by atoms with Crippen LogP contribution in [-0.2, 0) is 32.6 Å². The lowest BCUT2D eigenvalue weighted by atomic mass is 10.0. The Balaban J connectivity index is 1.82. The quantitative estimate of drug-likeness (QED) is 0.170. The van der Waals surface area contributed by atoms with E-state index in [-0.39, 0.29) is 33.6 Å². The number of amides is 2. The molecule has 0 aliphatic carbocycles. The Bertz CT molecular complexity index is 1720. The second-order valence-corrected chi connectivity index (χ2v) is 13.2. The summed E-state index contributed by atoms with van der Waals surface area (Å²) in [5.41, 5.74) is 2.22. The normalized spacial score (nSPS) is 11.9. The minimum Gasteiger partial charge on any atom is -0.354 e. The minimum atomic E-state index is -4.34. The van der Waals surface area contributed by atoms with Crippen LogP contribution in [0.25, 0.3) is 0 Å². The van der Waals surface area contributed by atoms with Crippen molar-refractivity contribution in [2.75, 3.05) is 17.4 Å². The zero-order chi connectivity index (χ0) is 32.6. The van der Waals surface area contributed by atoms with E-state index in [9.17, 15) is 22.4 Å². The van der Waals surface area contributed by atoms with Gasteiger partial charge in [0.25, 0.3) is 10.0 Å². The number of nitrogens with zero attached hydrogens (tertiary/aromatic N) is 2. The van der Waals surface area contributed by atoms with Gasteiger partial charge in [-0.05, 0) is 60.9 Å². The largest absolute Gasteiger partial charge is 0.354 e. The third-order valence-corrected chi connectivity index (χ3v) is 9.76. The summed E-state index contributed by atoms with van der Waals surface area (Å²) in [5.74, 6) is -1.52.